The van der Waals surface area contributed by atoms with Crippen molar-refractivity contribution in [2.75, 3.05) is 26.4 Å². The summed E-state index contributed by atoms with van der Waals surface area (Å²) in [5.41, 5.74) is 2.70. The van der Waals surface area contributed by atoms with Crippen LogP contribution < -0.4 is 10.6 Å². The molecule has 0 aliphatic heterocycles. The number of aliphatic imine (C=N–C) groups is 1. The molecule has 0 radical (unpaired) electrons. The molecule has 0 saturated heterocycles. The zero-order valence-electron chi connectivity index (χ0n) is 17.0. The second kappa shape index (κ2) is 10.4. The summed E-state index contributed by atoms with van der Waals surface area (Å²) in [6.07, 6.45) is 5.70. The lowest BCUT2D eigenvalue weighted by molar-refractivity contribution is 0.244. The number of sulfone groups is 1. The van der Waals surface area contributed by atoms with Crippen molar-refractivity contribution in [2.24, 2.45) is 4.99 Å². The van der Waals surface area contributed by atoms with Crippen LogP contribution in [0.1, 0.15) is 30.4 Å². The van der Waals surface area contributed by atoms with E-state index in [9.17, 15) is 8.42 Å². The molecule has 1 fully saturated rings. The number of halogens is 1. The van der Waals surface area contributed by atoms with Crippen LogP contribution in [0.25, 0.3) is 0 Å². The molecule has 3 rings (SSSR count). The fourth-order valence-electron chi connectivity index (χ4n) is 3.66. The summed E-state index contributed by atoms with van der Waals surface area (Å²) < 4.78 is 23.1. The number of hydrogen-bond acceptors (Lipinski definition) is 3. The molecule has 29 heavy (non-hydrogen) atoms. The van der Waals surface area contributed by atoms with Crippen molar-refractivity contribution in [3.05, 3.63) is 65.7 Å². The van der Waals surface area contributed by atoms with Gasteiger partial charge < -0.3 is 10.6 Å². The Morgan fingerprint density at radius 2 is 1.69 bits per heavy atom. The van der Waals surface area contributed by atoms with Gasteiger partial charge >= 0.3 is 0 Å². The monoisotopic (exact) mass is 527 g/mol. The van der Waals surface area contributed by atoms with E-state index in [0.717, 1.165) is 31.0 Å². The lowest BCUT2D eigenvalue weighted by Gasteiger charge is -2.43. The molecular formula is C22H30IN3O2S. The molecule has 0 spiro atoms. The van der Waals surface area contributed by atoms with Crippen LogP contribution in [-0.2, 0) is 21.7 Å². The number of benzene rings is 2. The Labute approximate surface area is 191 Å². The van der Waals surface area contributed by atoms with Gasteiger partial charge in [0.2, 0.25) is 0 Å². The first-order valence-corrected chi connectivity index (χ1v) is 11.6. The predicted molar refractivity (Wildman–Crippen MR) is 130 cm³/mol. The van der Waals surface area contributed by atoms with Crippen LogP contribution in [0.5, 0.6) is 0 Å². The molecule has 2 aromatic rings. The van der Waals surface area contributed by atoms with Crippen LogP contribution >= 0.6 is 24.0 Å². The highest BCUT2D eigenvalue weighted by molar-refractivity contribution is 14.0. The normalized spacial score (nSPS) is 15.7. The molecule has 1 saturated carbocycles. The standard InChI is InChI=1S/C22H29N3O2S.HI/c1-23-21(24-16-13-18-9-11-20(12-10-18)28(2,26)27)25-17-22(14-6-15-22)19-7-4-3-5-8-19;/h3-5,7-12H,6,13-17H2,1-2H3,(H2,23,24,25);1H. The van der Waals surface area contributed by atoms with Crippen LogP contribution in [-0.4, -0.2) is 40.8 Å². The first-order chi connectivity index (χ1) is 13.4. The zero-order valence-corrected chi connectivity index (χ0v) is 20.2. The van der Waals surface area contributed by atoms with Crippen LogP contribution in [0.3, 0.4) is 0 Å². The topological polar surface area (TPSA) is 70.6 Å². The lowest BCUT2D eigenvalue weighted by Crippen LogP contribution is -2.49. The van der Waals surface area contributed by atoms with E-state index in [-0.39, 0.29) is 29.4 Å². The van der Waals surface area contributed by atoms with Crippen molar-refractivity contribution < 1.29 is 8.42 Å². The summed E-state index contributed by atoms with van der Waals surface area (Å²) in [4.78, 5) is 4.69. The Morgan fingerprint density at radius 3 is 2.21 bits per heavy atom. The fraction of sp³-hybridized carbons (Fsp3) is 0.409. The number of hydrogen-bond donors (Lipinski definition) is 2. The van der Waals surface area contributed by atoms with Gasteiger partial charge in [-0.3, -0.25) is 4.99 Å². The van der Waals surface area contributed by atoms with Gasteiger partial charge in [0, 0.05) is 31.8 Å². The molecule has 5 nitrogen and oxygen atoms in total. The molecule has 2 N–H and O–H groups in total. The van der Waals surface area contributed by atoms with Gasteiger partial charge in [0.05, 0.1) is 4.90 Å². The van der Waals surface area contributed by atoms with Crippen LogP contribution in [0.4, 0.5) is 0 Å². The van der Waals surface area contributed by atoms with E-state index in [1.165, 1.54) is 31.1 Å². The molecule has 158 valence electrons. The average molecular weight is 527 g/mol. The minimum absolute atomic E-state index is 0. The highest BCUT2D eigenvalue weighted by Crippen LogP contribution is 2.43. The maximum atomic E-state index is 11.5. The second-order valence-electron chi connectivity index (χ2n) is 7.52. The third kappa shape index (κ3) is 6.18. The third-order valence-corrected chi connectivity index (χ3v) is 6.70. The molecule has 1 aliphatic rings. The van der Waals surface area contributed by atoms with Gasteiger partial charge in [0.1, 0.15) is 0 Å². The average Bonchev–Trinajstić information content (AvgIpc) is 2.66. The van der Waals surface area contributed by atoms with E-state index in [1.807, 2.05) is 12.1 Å². The lowest BCUT2D eigenvalue weighted by atomic mass is 9.64. The molecule has 0 heterocycles. The molecule has 0 atom stereocenters. The Hall–Kier alpha value is -1.61. The molecule has 0 amide bonds. The summed E-state index contributed by atoms with van der Waals surface area (Å²) in [7, 11) is -1.36. The zero-order chi connectivity index (χ0) is 20.0. The summed E-state index contributed by atoms with van der Waals surface area (Å²) in [6, 6.07) is 17.8. The number of nitrogens with zero attached hydrogens (tertiary/aromatic N) is 1. The van der Waals surface area contributed by atoms with E-state index < -0.39 is 9.84 Å². The SMILES string of the molecule is CN=C(NCCc1ccc(S(C)(=O)=O)cc1)NCC1(c2ccccc2)CCC1.I. The number of nitrogens with one attached hydrogen (secondary N) is 2. The maximum Gasteiger partial charge on any atom is 0.191 e. The van der Waals surface area contributed by atoms with Crippen molar-refractivity contribution in [2.45, 2.75) is 36.0 Å². The molecule has 2 aromatic carbocycles. The van der Waals surface area contributed by atoms with Crippen LogP contribution in [0.15, 0.2) is 64.5 Å². The fourth-order valence-corrected chi connectivity index (χ4v) is 4.30. The van der Waals surface area contributed by atoms with Gasteiger partial charge in [-0.25, -0.2) is 8.42 Å². The van der Waals surface area contributed by atoms with Gasteiger partial charge in [-0.15, -0.1) is 24.0 Å². The smallest absolute Gasteiger partial charge is 0.191 e. The molecule has 0 unspecified atom stereocenters. The van der Waals surface area contributed by atoms with Gasteiger partial charge in [-0.05, 0) is 42.5 Å². The van der Waals surface area contributed by atoms with Crippen molar-refractivity contribution in [3.8, 4) is 0 Å². The van der Waals surface area contributed by atoms with Gasteiger partial charge in [0.25, 0.3) is 0 Å². The number of guanidine groups is 1. The van der Waals surface area contributed by atoms with E-state index in [0.29, 0.717) is 4.90 Å². The minimum Gasteiger partial charge on any atom is -0.356 e. The highest BCUT2D eigenvalue weighted by Gasteiger charge is 2.38. The summed E-state index contributed by atoms with van der Waals surface area (Å²) in [5.74, 6) is 0.801. The van der Waals surface area contributed by atoms with Crippen molar-refractivity contribution in [1.82, 2.24) is 10.6 Å². The molecular weight excluding hydrogens is 497 g/mol. The predicted octanol–water partition coefficient (Wildman–Crippen LogP) is 3.54. The van der Waals surface area contributed by atoms with Crippen molar-refractivity contribution in [3.63, 3.8) is 0 Å². The van der Waals surface area contributed by atoms with Crippen LogP contribution in [0, 0.1) is 0 Å². The third-order valence-electron chi connectivity index (χ3n) is 5.57. The largest absolute Gasteiger partial charge is 0.356 e. The van der Waals surface area contributed by atoms with Gasteiger partial charge in [0.15, 0.2) is 15.8 Å². The first-order valence-electron chi connectivity index (χ1n) is 9.72. The summed E-state index contributed by atoms with van der Waals surface area (Å²) in [6.45, 7) is 1.61. The molecule has 0 aromatic heterocycles. The molecule has 7 heteroatoms. The first kappa shape index (κ1) is 23.7. The van der Waals surface area contributed by atoms with Crippen molar-refractivity contribution >= 4 is 39.8 Å². The van der Waals surface area contributed by atoms with E-state index in [2.05, 4.69) is 46.0 Å². The Morgan fingerprint density at radius 1 is 1.03 bits per heavy atom. The van der Waals surface area contributed by atoms with Crippen molar-refractivity contribution in [1.29, 1.82) is 0 Å². The van der Waals surface area contributed by atoms with Gasteiger partial charge in [-0.2, -0.15) is 0 Å². The maximum absolute atomic E-state index is 11.5. The Balaban J connectivity index is 0.00000300. The molecule has 1 aliphatic carbocycles. The molecule has 0 bridgehead atoms. The quantitative estimate of drug-likeness (QED) is 0.329. The summed E-state index contributed by atoms with van der Waals surface area (Å²) >= 11 is 0. The summed E-state index contributed by atoms with van der Waals surface area (Å²) in [5, 5.41) is 6.84. The van der Waals surface area contributed by atoms with Gasteiger partial charge in [-0.1, -0.05) is 48.9 Å². The minimum atomic E-state index is -3.14. The highest BCUT2D eigenvalue weighted by atomic mass is 127. The Bertz CT molecular complexity index is 909. The number of rotatable bonds is 7. The van der Waals surface area contributed by atoms with E-state index in [1.54, 1.807) is 19.2 Å². The Kier molecular flexibility index (Phi) is 8.51. The second-order valence-corrected chi connectivity index (χ2v) is 9.53. The van der Waals surface area contributed by atoms with Crippen LogP contribution in [0.2, 0.25) is 0 Å². The van der Waals surface area contributed by atoms with E-state index >= 15 is 0 Å². The van der Waals surface area contributed by atoms with E-state index in [4.69, 9.17) is 0 Å².